The van der Waals surface area contributed by atoms with Crippen LogP contribution in [0.25, 0.3) is 0 Å². The van der Waals surface area contributed by atoms with Crippen LogP contribution in [0, 0.1) is 23.1 Å². The van der Waals surface area contributed by atoms with Crippen molar-refractivity contribution < 1.29 is 14.3 Å². The Labute approximate surface area is 124 Å². The molecule has 112 valence electrons. The maximum Gasteiger partial charge on any atom is 0.226 e. The Balaban J connectivity index is 2.04. The van der Waals surface area contributed by atoms with E-state index >= 15 is 0 Å². The topological polar surface area (TPSA) is 49.3 Å². The highest BCUT2D eigenvalue weighted by molar-refractivity contribution is 5.82. The number of hydrogen-bond donors (Lipinski definition) is 2. The van der Waals surface area contributed by atoms with Gasteiger partial charge in [-0.05, 0) is 31.0 Å². The molecular formula is C17H20FNO2. The van der Waals surface area contributed by atoms with E-state index in [2.05, 4.69) is 17.2 Å². The van der Waals surface area contributed by atoms with E-state index in [0.29, 0.717) is 11.1 Å². The summed E-state index contributed by atoms with van der Waals surface area (Å²) >= 11 is 0. The molecule has 2 rings (SSSR count). The SMILES string of the molecule is CC1(C(=O)NCc2cc(C#CCO)ccc2F)CCCC1. The monoisotopic (exact) mass is 289 g/mol. The van der Waals surface area contributed by atoms with E-state index in [1.165, 1.54) is 6.07 Å². The van der Waals surface area contributed by atoms with Gasteiger partial charge in [0.1, 0.15) is 12.4 Å². The Morgan fingerprint density at radius 2 is 2.14 bits per heavy atom. The number of aliphatic hydroxyl groups is 1. The molecule has 21 heavy (non-hydrogen) atoms. The predicted molar refractivity (Wildman–Crippen MR) is 78.8 cm³/mol. The van der Waals surface area contributed by atoms with Gasteiger partial charge >= 0.3 is 0 Å². The Morgan fingerprint density at radius 3 is 2.81 bits per heavy atom. The average molecular weight is 289 g/mol. The maximum atomic E-state index is 13.8. The van der Waals surface area contributed by atoms with Crippen molar-refractivity contribution in [1.82, 2.24) is 5.32 Å². The van der Waals surface area contributed by atoms with Gasteiger partial charge in [-0.1, -0.05) is 31.6 Å². The first-order valence-corrected chi connectivity index (χ1v) is 7.22. The number of benzene rings is 1. The van der Waals surface area contributed by atoms with E-state index < -0.39 is 0 Å². The zero-order valence-electron chi connectivity index (χ0n) is 12.2. The molecule has 0 unspecified atom stereocenters. The minimum absolute atomic E-state index is 0.00811. The van der Waals surface area contributed by atoms with Crippen LogP contribution in [0.15, 0.2) is 18.2 Å². The van der Waals surface area contributed by atoms with Crippen molar-refractivity contribution in [2.75, 3.05) is 6.61 Å². The van der Waals surface area contributed by atoms with Gasteiger partial charge in [0.2, 0.25) is 5.91 Å². The second kappa shape index (κ2) is 6.73. The zero-order chi connectivity index (χ0) is 15.3. The van der Waals surface area contributed by atoms with Gasteiger partial charge in [0.15, 0.2) is 0 Å². The van der Waals surface area contributed by atoms with Gasteiger partial charge < -0.3 is 10.4 Å². The third kappa shape index (κ3) is 3.83. The van der Waals surface area contributed by atoms with Crippen molar-refractivity contribution in [3.63, 3.8) is 0 Å². The lowest BCUT2D eigenvalue weighted by molar-refractivity contribution is -0.130. The highest BCUT2D eigenvalue weighted by Gasteiger charge is 2.35. The Morgan fingerprint density at radius 1 is 1.43 bits per heavy atom. The highest BCUT2D eigenvalue weighted by Crippen LogP contribution is 2.37. The molecule has 2 N–H and O–H groups in total. The quantitative estimate of drug-likeness (QED) is 0.839. The number of aliphatic hydroxyl groups excluding tert-OH is 1. The van der Waals surface area contributed by atoms with Crippen LogP contribution in [0.2, 0.25) is 0 Å². The van der Waals surface area contributed by atoms with Crippen LogP contribution in [0.1, 0.15) is 43.7 Å². The molecule has 3 nitrogen and oxygen atoms in total. The van der Waals surface area contributed by atoms with E-state index in [1.807, 2.05) is 6.92 Å². The average Bonchev–Trinajstić information content (AvgIpc) is 2.93. The van der Waals surface area contributed by atoms with Gasteiger partial charge in [-0.3, -0.25) is 4.79 Å². The Bertz CT molecular complexity index is 580. The van der Waals surface area contributed by atoms with Gasteiger partial charge in [-0.25, -0.2) is 4.39 Å². The first-order valence-electron chi connectivity index (χ1n) is 7.22. The van der Waals surface area contributed by atoms with Crippen molar-refractivity contribution in [3.05, 3.63) is 35.1 Å². The van der Waals surface area contributed by atoms with E-state index in [9.17, 15) is 9.18 Å². The minimum Gasteiger partial charge on any atom is -0.384 e. The third-order valence-electron chi connectivity index (χ3n) is 4.05. The summed E-state index contributed by atoms with van der Waals surface area (Å²) in [6.45, 7) is 1.89. The van der Waals surface area contributed by atoms with E-state index in [1.54, 1.807) is 12.1 Å². The fourth-order valence-electron chi connectivity index (χ4n) is 2.70. The second-order valence-electron chi connectivity index (χ2n) is 5.72. The Hall–Kier alpha value is -1.86. The number of hydrogen-bond acceptors (Lipinski definition) is 2. The lowest BCUT2D eigenvalue weighted by Gasteiger charge is -2.22. The van der Waals surface area contributed by atoms with Gasteiger partial charge in [0.25, 0.3) is 0 Å². The second-order valence-corrected chi connectivity index (χ2v) is 5.72. The molecule has 0 aromatic heterocycles. The molecule has 1 aromatic carbocycles. The molecule has 0 radical (unpaired) electrons. The fraction of sp³-hybridized carbons (Fsp3) is 0.471. The molecule has 1 aromatic rings. The molecule has 1 saturated carbocycles. The van der Waals surface area contributed by atoms with Gasteiger partial charge in [-0.15, -0.1) is 0 Å². The summed E-state index contributed by atoms with van der Waals surface area (Å²) in [7, 11) is 0. The fourth-order valence-corrected chi connectivity index (χ4v) is 2.70. The molecular weight excluding hydrogens is 269 g/mol. The number of carbonyl (C=O) groups excluding carboxylic acids is 1. The maximum absolute atomic E-state index is 13.8. The molecule has 1 aliphatic rings. The number of nitrogens with one attached hydrogen (secondary N) is 1. The molecule has 0 heterocycles. The van der Waals surface area contributed by atoms with Gasteiger partial charge in [0, 0.05) is 23.1 Å². The largest absolute Gasteiger partial charge is 0.384 e. The smallest absolute Gasteiger partial charge is 0.226 e. The normalized spacial score (nSPS) is 16.1. The van der Waals surface area contributed by atoms with Crippen molar-refractivity contribution in [1.29, 1.82) is 0 Å². The molecule has 1 fully saturated rings. The van der Waals surface area contributed by atoms with Crippen LogP contribution in [0.5, 0.6) is 0 Å². The van der Waals surface area contributed by atoms with Crippen molar-refractivity contribution in [2.24, 2.45) is 5.41 Å². The summed E-state index contributed by atoms with van der Waals surface area (Å²) in [4.78, 5) is 12.2. The van der Waals surface area contributed by atoms with Crippen LogP contribution in [-0.4, -0.2) is 17.6 Å². The summed E-state index contributed by atoms with van der Waals surface area (Å²) in [5.41, 5.74) is 0.724. The molecule has 1 aliphatic carbocycles. The molecule has 0 spiro atoms. The Kier molecular flexibility index (Phi) is 4.98. The van der Waals surface area contributed by atoms with Gasteiger partial charge in [0.05, 0.1) is 0 Å². The molecule has 0 bridgehead atoms. The highest BCUT2D eigenvalue weighted by atomic mass is 19.1. The molecule has 0 aliphatic heterocycles. The molecule has 4 heteroatoms. The summed E-state index contributed by atoms with van der Waals surface area (Å²) < 4.78 is 13.8. The van der Waals surface area contributed by atoms with E-state index in [0.717, 1.165) is 25.7 Å². The van der Waals surface area contributed by atoms with Crippen LogP contribution in [0.4, 0.5) is 4.39 Å². The molecule has 0 atom stereocenters. The van der Waals surface area contributed by atoms with Gasteiger partial charge in [-0.2, -0.15) is 0 Å². The van der Waals surface area contributed by atoms with Crippen LogP contribution in [-0.2, 0) is 11.3 Å². The first-order chi connectivity index (χ1) is 10.0. The number of rotatable bonds is 3. The standard InChI is InChI=1S/C17H20FNO2/c1-17(8-2-3-9-17)16(21)19-12-14-11-13(5-4-10-20)6-7-15(14)18/h6-7,11,20H,2-3,8-10,12H2,1H3,(H,19,21). The van der Waals surface area contributed by atoms with Crippen molar-refractivity contribution in [3.8, 4) is 11.8 Å². The lowest BCUT2D eigenvalue weighted by atomic mass is 9.88. The molecule has 0 saturated heterocycles. The van der Waals surface area contributed by atoms with Crippen LogP contribution in [0.3, 0.4) is 0 Å². The van der Waals surface area contributed by atoms with Crippen LogP contribution >= 0.6 is 0 Å². The number of amides is 1. The summed E-state index contributed by atoms with van der Waals surface area (Å²) in [5, 5.41) is 11.5. The van der Waals surface area contributed by atoms with Crippen LogP contribution < -0.4 is 5.32 Å². The first kappa shape index (κ1) is 15.5. The predicted octanol–water partition coefficient (Wildman–Crippen LogP) is 2.37. The zero-order valence-corrected chi connectivity index (χ0v) is 12.2. The number of carbonyl (C=O) groups is 1. The van der Waals surface area contributed by atoms with Crippen molar-refractivity contribution in [2.45, 2.75) is 39.2 Å². The lowest BCUT2D eigenvalue weighted by Crippen LogP contribution is -2.36. The summed E-state index contributed by atoms with van der Waals surface area (Å²) in [6, 6.07) is 4.50. The third-order valence-corrected chi connectivity index (χ3v) is 4.05. The summed E-state index contributed by atoms with van der Waals surface area (Å²) in [6.07, 6.45) is 3.93. The van der Waals surface area contributed by atoms with E-state index in [-0.39, 0.29) is 30.3 Å². The summed E-state index contributed by atoms with van der Waals surface area (Å²) in [5.74, 6) is 4.89. The van der Waals surface area contributed by atoms with Crippen molar-refractivity contribution >= 4 is 5.91 Å². The minimum atomic E-state index is -0.360. The molecule has 1 amide bonds. The number of halogens is 1. The van der Waals surface area contributed by atoms with E-state index in [4.69, 9.17) is 5.11 Å².